The van der Waals surface area contributed by atoms with Crippen LogP contribution in [0.4, 0.5) is 0 Å². The molecule has 0 spiro atoms. The lowest BCUT2D eigenvalue weighted by molar-refractivity contribution is -0.136. The minimum absolute atomic E-state index is 0.0498. The number of hydrogen-bond donors (Lipinski definition) is 1. The lowest BCUT2D eigenvalue weighted by Gasteiger charge is -2.19. The minimum atomic E-state index is -0.858. The van der Waals surface area contributed by atoms with Gasteiger partial charge in [0.25, 0.3) is 0 Å². The zero-order chi connectivity index (χ0) is 10.7. The topological polar surface area (TPSA) is 63.3 Å². The first-order valence-corrected chi connectivity index (χ1v) is 5.41. The summed E-state index contributed by atoms with van der Waals surface area (Å²) in [6.45, 7) is 0. The van der Waals surface area contributed by atoms with Crippen LogP contribution in [0.3, 0.4) is 0 Å². The van der Waals surface area contributed by atoms with E-state index in [9.17, 15) is 4.79 Å². The maximum absolute atomic E-state index is 10.6. The van der Waals surface area contributed by atoms with Gasteiger partial charge >= 0.3 is 5.97 Å². The highest BCUT2D eigenvalue weighted by molar-refractivity contribution is 5.69. The van der Waals surface area contributed by atoms with Crippen molar-refractivity contribution in [1.82, 2.24) is 4.98 Å². The summed E-state index contributed by atoms with van der Waals surface area (Å²) in [4.78, 5) is 14.8. The van der Waals surface area contributed by atoms with Crippen molar-refractivity contribution in [3.05, 3.63) is 17.8 Å². The third-order valence-electron chi connectivity index (χ3n) is 2.98. The number of rotatable bonds is 3. The lowest BCUT2D eigenvalue weighted by Crippen LogP contribution is -2.09. The van der Waals surface area contributed by atoms with Gasteiger partial charge in [0, 0.05) is 5.92 Å². The molecule has 1 aliphatic rings. The van der Waals surface area contributed by atoms with Crippen LogP contribution >= 0.6 is 0 Å². The van der Waals surface area contributed by atoms with Crippen molar-refractivity contribution in [2.24, 2.45) is 0 Å². The molecule has 1 aromatic rings. The van der Waals surface area contributed by atoms with Gasteiger partial charge in [-0.1, -0.05) is 19.3 Å². The third kappa shape index (κ3) is 2.37. The van der Waals surface area contributed by atoms with Crippen LogP contribution in [-0.2, 0) is 11.2 Å². The predicted octanol–water partition coefficient (Wildman–Crippen LogP) is 2.35. The van der Waals surface area contributed by atoms with Gasteiger partial charge in [-0.2, -0.15) is 0 Å². The number of nitrogens with zero attached hydrogens (tertiary/aromatic N) is 1. The van der Waals surface area contributed by atoms with E-state index in [2.05, 4.69) is 4.98 Å². The number of carbonyl (C=O) groups is 1. The Hall–Kier alpha value is -1.32. The maximum Gasteiger partial charge on any atom is 0.311 e. The van der Waals surface area contributed by atoms with E-state index >= 15 is 0 Å². The summed E-state index contributed by atoms with van der Waals surface area (Å²) in [6, 6.07) is 0. The molecular formula is C11H15NO3. The Morgan fingerprint density at radius 2 is 2.20 bits per heavy atom. The van der Waals surface area contributed by atoms with Gasteiger partial charge in [0.05, 0.1) is 5.69 Å². The molecule has 1 N–H and O–H groups in total. The van der Waals surface area contributed by atoms with E-state index in [1.54, 1.807) is 0 Å². The molecule has 0 aromatic carbocycles. The zero-order valence-corrected chi connectivity index (χ0v) is 8.61. The van der Waals surface area contributed by atoms with Crippen LogP contribution in [0.15, 0.2) is 10.8 Å². The van der Waals surface area contributed by atoms with Crippen LogP contribution in [0.2, 0.25) is 0 Å². The van der Waals surface area contributed by atoms with Crippen molar-refractivity contribution in [1.29, 1.82) is 0 Å². The normalized spacial score (nSPS) is 17.9. The molecule has 0 amide bonds. The van der Waals surface area contributed by atoms with E-state index in [0.29, 0.717) is 11.7 Å². The van der Waals surface area contributed by atoms with Gasteiger partial charge in [0.15, 0.2) is 6.39 Å². The minimum Gasteiger partial charge on any atom is -0.481 e. The number of aromatic nitrogens is 1. The molecule has 1 saturated carbocycles. The van der Waals surface area contributed by atoms with Crippen LogP contribution in [-0.4, -0.2) is 16.1 Å². The van der Waals surface area contributed by atoms with Crippen molar-refractivity contribution in [2.45, 2.75) is 44.4 Å². The molecule has 1 aromatic heterocycles. The molecule has 0 unspecified atom stereocenters. The Labute approximate surface area is 88.3 Å². The largest absolute Gasteiger partial charge is 0.481 e. The maximum atomic E-state index is 10.6. The highest BCUT2D eigenvalue weighted by atomic mass is 16.4. The molecule has 1 fully saturated rings. The van der Waals surface area contributed by atoms with Crippen molar-refractivity contribution in [3.8, 4) is 0 Å². The predicted molar refractivity (Wildman–Crippen MR) is 53.7 cm³/mol. The van der Waals surface area contributed by atoms with Gasteiger partial charge in [-0.3, -0.25) is 4.79 Å². The quantitative estimate of drug-likeness (QED) is 0.829. The van der Waals surface area contributed by atoms with Crippen molar-refractivity contribution in [3.63, 3.8) is 0 Å². The summed E-state index contributed by atoms with van der Waals surface area (Å²) < 4.78 is 5.14. The lowest BCUT2D eigenvalue weighted by atomic mass is 9.86. The fourth-order valence-electron chi connectivity index (χ4n) is 2.26. The summed E-state index contributed by atoms with van der Waals surface area (Å²) in [5.74, 6) is 0.0880. The Kier molecular flexibility index (Phi) is 3.04. The van der Waals surface area contributed by atoms with Crippen molar-refractivity contribution >= 4 is 5.97 Å². The summed E-state index contributed by atoms with van der Waals surface area (Å²) >= 11 is 0. The monoisotopic (exact) mass is 209 g/mol. The zero-order valence-electron chi connectivity index (χ0n) is 8.61. The number of carboxylic acid groups (broad SMARTS) is 1. The number of aliphatic carboxylic acids is 1. The molecule has 1 aliphatic carbocycles. The third-order valence-corrected chi connectivity index (χ3v) is 2.98. The van der Waals surface area contributed by atoms with E-state index in [1.807, 2.05) is 0 Å². The molecule has 4 heteroatoms. The SMILES string of the molecule is O=C(O)Cc1ocnc1C1CCCCC1. The highest BCUT2D eigenvalue weighted by Gasteiger charge is 2.22. The Morgan fingerprint density at radius 3 is 2.87 bits per heavy atom. The Bertz CT molecular complexity index is 339. The van der Waals surface area contributed by atoms with Crippen LogP contribution < -0.4 is 0 Å². The summed E-state index contributed by atoms with van der Waals surface area (Å²) in [5.41, 5.74) is 0.872. The summed E-state index contributed by atoms with van der Waals surface area (Å²) in [6.07, 6.45) is 7.24. The van der Waals surface area contributed by atoms with Crippen LogP contribution in [0.1, 0.15) is 49.5 Å². The fraction of sp³-hybridized carbons (Fsp3) is 0.636. The van der Waals surface area contributed by atoms with Gasteiger partial charge in [-0.25, -0.2) is 4.98 Å². The second kappa shape index (κ2) is 4.47. The first-order valence-electron chi connectivity index (χ1n) is 5.41. The first-order chi connectivity index (χ1) is 7.27. The average Bonchev–Trinajstić information content (AvgIpc) is 2.66. The van der Waals surface area contributed by atoms with E-state index in [4.69, 9.17) is 9.52 Å². The second-order valence-electron chi connectivity index (χ2n) is 4.07. The molecule has 2 rings (SSSR count). The molecule has 0 radical (unpaired) electrons. The van der Waals surface area contributed by atoms with E-state index in [1.165, 1.54) is 25.7 Å². The van der Waals surface area contributed by atoms with Crippen molar-refractivity contribution in [2.75, 3.05) is 0 Å². The molecular weight excluding hydrogens is 194 g/mol. The van der Waals surface area contributed by atoms with Crippen LogP contribution in [0, 0.1) is 0 Å². The molecule has 0 aliphatic heterocycles. The molecule has 0 atom stereocenters. The number of carboxylic acids is 1. The second-order valence-corrected chi connectivity index (χ2v) is 4.07. The molecule has 0 saturated heterocycles. The summed E-state index contributed by atoms with van der Waals surface area (Å²) in [7, 11) is 0. The van der Waals surface area contributed by atoms with Gasteiger partial charge in [0.1, 0.15) is 12.2 Å². The molecule has 4 nitrogen and oxygen atoms in total. The number of oxazole rings is 1. The molecule has 1 heterocycles. The molecule has 0 bridgehead atoms. The van der Waals surface area contributed by atoms with E-state index in [0.717, 1.165) is 18.5 Å². The molecule has 15 heavy (non-hydrogen) atoms. The average molecular weight is 209 g/mol. The first kappa shape index (κ1) is 10.2. The van der Waals surface area contributed by atoms with Gasteiger partial charge < -0.3 is 9.52 Å². The van der Waals surface area contributed by atoms with Crippen molar-refractivity contribution < 1.29 is 14.3 Å². The van der Waals surface area contributed by atoms with Gasteiger partial charge in [-0.05, 0) is 12.8 Å². The van der Waals surface area contributed by atoms with E-state index in [-0.39, 0.29) is 6.42 Å². The summed E-state index contributed by atoms with van der Waals surface area (Å²) in [5, 5.41) is 8.72. The standard InChI is InChI=1S/C11H15NO3/c13-10(14)6-9-11(12-7-15-9)8-4-2-1-3-5-8/h7-8H,1-6H2,(H,13,14). The smallest absolute Gasteiger partial charge is 0.311 e. The van der Waals surface area contributed by atoms with Crippen LogP contribution in [0.5, 0.6) is 0 Å². The van der Waals surface area contributed by atoms with E-state index < -0.39 is 5.97 Å². The van der Waals surface area contributed by atoms with Crippen LogP contribution in [0.25, 0.3) is 0 Å². The highest BCUT2D eigenvalue weighted by Crippen LogP contribution is 2.33. The molecule has 82 valence electrons. The Balaban J connectivity index is 2.12. The van der Waals surface area contributed by atoms with Gasteiger partial charge in [0.2, 0.25) is 0 Å². The Morgan fingerprint density at radius 1 is 1.47 bits per heavy atom. The fourth-order valence-corrected chi connectivity index (χ4v) is 2.26. The van der Waals surface area contributed by atoms with Gasteiger partial charge in [-0.15, -0.1) is 0 Å². The number of hydrogen-bond acceptors (Lipinski definition) is 3.